The Morgan fingerprint density at radius 1 is 1.17 bits per heavy atom. The molecule has 2 aromatic rings. The first-order valence-electron chi connectivity index (χ1n) is 8.64. The van der Waals surface area contributed by atoms with Crippen LogP contribution in [0.3, 0.4) is 0 Å². The lowest BCUT2D eigenvalue weighted by Crippen LogP contribution is -2.35. The fourth-order valence-corrected chi connectivity index (χ4v) is 4.32. The number of halogens is 4. The van der Waals surface area contributed by atoms with E-state index in [9.17, 15) is 35.6 Å². The van der Waals surface area contributed by atoms with Gasteiger partial charge in [0.15, 0.2) is 0 Å². The van der Waals surface area contributed by atoms with E-state index in [1.165, 1.54) is 12.3 Å². The fourth-order valence-electron chi connectivity index (χ4n) is 3.56. The van der Waals surface area contributed by atoms with Gasteiger partial charge < -0.3 is 5.32 Å². The number of imide groups is 1. The molecule has 2 unspecified atom stereocenters. The molecule has 30 heavy (non-hydrogen) atoms. The Hall–Kier alpha value is -3.02. The molecule has 1 aromatic heterocycles. The molecule has 2 aliphatic rings. The zero-order valence-corrected chi connectivity index (χ0v) is 15.8. The molecule has 7 nitrogen and oxygen atoms in total. The predicted molar refractivity (Wildman–Crippen MR) is 94.4 cm³/mol. The highest BCUT2D eigenvalue weighted by molar-refractivity contribution is 7.92. The molecule has 1 saturated heterocycles. The van der Waals surface area contributed by atoms with E-state index in [-0.39, 0.29) is 24.4 Å². The van der Waals surface area contributed by atoms with Crippen LogP contribution in [-0.2, 0) is 21.1 Å². The molecule has 0 bridgehead atoms. The summed E-state index contributed by atoms with van der Waals surface area (Å²) in [6.07, 6.45) is 2.92. The van der Waals surface area contributed by atoms with E-state index in [4.69, 9.17) is 0 Å². The van der Waals surface area contributed by atoms with Gasteiger partial charge in [0, 0.05) is 6.20 Å². The highest BCUT2D eigenvalue weighted by Gasteiger charge is 2.67. The SMILES string of the molecule is O=C1NC2(CC2Cc2ccncc2F)C(=O)N1c1ccc(S(=O)(=O)C(F)(F)F)cc1. The molecule has 2 heterocycles. The van der Waals surface area contributed by atoms with Crippen molar-refractivity contribution in [1.29, 1.82) is 0 Å². The van der Waals surface area contributed by atoms with E-state index in [1.807, 2.05) is 0 Å². The molecular formula is C18H13F4N3O4S. The molecular weight excluding hydrogens is 430 g/mol. The molecule has 1 spiro atoms. The number of amides is 3. The van der Waals surface area contributed by atoms with E-state index >= 15 is 0 Å². The minimum absolute atomic E-state index is 0.0729. The Balaban J connectivity index is 1.55. The molecule has 3 amide bonds. The van der Waals surface area contributed by atoms with E-state index in [1.54, 1.807) is 0 Å². The topological polar surface area (TPSA) is 96.4 Å². The number of aromatic nitrogens is 1. The van der Waals surface area contributed by atoms with E-state index < -0.39 is 43.5 Å². The molecule has 12 heteroatoms. The van der Waals surface area contributed by atoms with Crippen LogP contribution in [-0.4, -0.2) is 36.4 Å². The monoisotopic (exact) mass is 443 g/mol. The highest BCUT2D eigenvalue weighted by atomic mass is 32.2. The van der Waals surface area contributed by atoms with Gasteiger partial charge in [-0.05, 0) is 54.7 Å². The summed E-state index contributed by atoms with van der Waals surface area (Å²) < 4.78 is 74.7. The highest BCUT2D eigenvalue weighted by Crippen LogP contribution is 2.50. The van der Waals surface area contributed by atoms with Gasteiger partial charge in [-0.3, -0.25) is 9.78 Å². The van der Waals surface area contributed by atoms with Crippen LogP contribution < -0.4 is 10.2 Å². The molecule has 2 atom stereocenters. The summed E-state index contributed by atoms with van der Waals surface area (Å²) in [5.41, 5.74) is -6.42. The summed E-state index contributed by atoms with van der Waals surface area (Å²) in [6, 6.07) is 3.95. The lowest BCUT2D eigenvalue weighted by molar-refractivity contribution is -0.119. The van der Waals surface area contributed by atoms with Crippen molar-refractivity contribution in [3.05, 3.63) is 54.1 Å². The summed E-state index contributed by atoms with van der Waals surface area (Å²) in [6.45, 7) is 0. The Morgan fingerprint density at radius 3 is 2.43 bits per heavy atom. The zero-order valence-electron chi connectivity index (χ0n) is 15.0. The van der Waals surface area contributed by atoms with Gasteiger partial charge in [0.1, 0.15) is 11.4 Å². The second kappa shape index (κ2) is 6.49. The smallest absolute Gasteiger partial charge is 0.322 e. The summed E-state index contributed by atoms with van der Waals surface area (Å²) in [4.78, 5) is 28.6. The minimum atomic E-state index is -5.55. The second-order valence-electron chi connectivity index (χ2n) is 7.06. The Morgan fingerprint density at radius 2 is 1.83 bits per heavy atom. The van der Waals surface area contributed by atoms with Crippen LogP contribution in [0.5, 0.6) is 0 Å². The van der Waals surface area contributed by atoms with Gasteiger partial charge in [-0.2, -0.15) is 13.2 Å². The van der Waals surface area contributed by atoms with Gasteiger partial charge >= 0.3 is 11.5 Å². The Bertz CT molecular complexity index is 1150. The van der Waals surface area contributed by atoms with Gasteiger partial charge in [0.05, 0.1) is 16.8 Å². The van der Waals surface area contributed by atoms with Crippen molar-refractivity contribution < 1.29 is 35.6 Å². The van der Waals surface area contributed by atoms with Crippen LogP contribution in [0.4, 0.5) is 28.0 Å². The predicted octanol–water partition coefficient (Wildman–Crippen LogP) is 2.57. The number of hydrogen-bond donors (Lipinski definition) is 1. The van der Waals surface area contributed by atoms with Crippen LogP contribution in [0.1, 0.15) is 12.0 Å². The summed E-state index contributed by atoms with van der Waals surface area (Å²) in [7, 11) is -5.55. The maximum atomic E-state index is 13.8. The molecule has 1 N–H and O–H groups in total. The number of hydrogen-bond acceptors (Lipinski definition) is 5. The quantitative estimate of drug-likeness (QED) is 0.579. The maximum Gasteiger partial charge on any atom is 0.501 e. The van der Waals surface area contributed by atoms with Gasteiger partial charge in [0.25, 0.3) is 15.7 Å². The van der Waals surface area contributed by atoms with Gasteiger partial charge in [-0.15, -0.1) is 0 Å². The number of alkyl halides is 3. The molecule has 1 aliphatic carbocycles. The Kier molecular flexibility index (Phi) is 4.38. The molecule has 1 saturated carbocycles. The average Bonchev–Trinajstić information content (AvgIpc) is 3.29. The average molecular weight is 443 g/mol. The van der Waals surface area contributed by atoms with Crippen molar-refractivity contribution in [2.75, 3.05) is 4.90 Å². The van der Waals surface area contributed by atoms with Crippen LogP contribution in [0.15, 0.2) is 47.6 Å². The number of urea groups is 1. The maximum absolute atomic E-state index is 13.8. The summed E-state index contributed by atoms with van der Waals surface area (Å²) in [5, 5.41) is 2.56. The number of sulfone groups is 1. The third-order valence-corrected chi connectivity index (χ3v) is 6.76. The number of nitrogens with zero attached hydrogens (tertiary/aromatic N) is 2. The standard InChI is InChI=1S/C18H13F4N3O4S/c19-14-9-23-6-5-10(14)7-11-8-17(11)15(26)25(16(27)24-17)12-1-3-13(4-2-12)30(28,29)18(20,21)22/h1-6,9,11H,7-8H2,(H,24,27). The number of carbonyl (C=O) groups excluding carboxylic acids is 2. The van der Waals surface area contributed by atoms with Crippen molar-refractivity contribution in [3.63, 3.8) is 0 Å². The molecule has 158 valence electrons. The first kappa shape index (κ1) is 20.3. The number of carbonyl (C=O) groups is 2. The van der Waals surface area contributed by atoms with Crippen molar-refractivity contribution in [1.82, 2.24) is 10.3 Å². The number of benzene rings is 1. The zero-order chi connectivity index (χ0) is 21.9. The van der Waals surface area contributed by atoms with Crippen LogP contribution in [0.2, 0.25) is 0 Å². The number of pyridine rings is 1. The molecule has 4 rings (SSSR count). The second-order valence-corrected chi connectivity index (χ2v) is 9.00. The lowest BCUT2D eigenvalue weighted by atomic mass is 10.1. The van der Waals surface area contributed by atoms with E-state index in [2.05, 4.69) is 10.3 Å². The van der Waals surface area contributed by atoms with E-state index in [0.717, 1.165) is 23.2 Å². The third-order valence-electron chi connectivity index (χ3n) is 5.26. The van der Waals surface area contributed by atoms with Crippen LogP contribution >= 0.6 is 0 Å². The number of nitrogens with one attached hydrogen (secondary N) is 1. The first-order chi connectivity index (χ1) is 14.0. The van der Waals surface area contributed by atoms with Crippen molar-refractivity contribution in [3.8, 4) is 0 Å². The molecule has 2 fully saturated rings. The van der Waals surface area contributed by atoms with Crippen LogP contribution in [0, 0.1) is 11.7 Å². The van der Waals surface area contributed by atoms with Crippen molar-refractivity contribution >= 4 is 27.5 Å². The number of rotatable bonds is 4. The van der Waals surface area contributed by atoms with E-state index in [0.29, 0.717) is 17.7 Å². The number of anilines is 1. The molecule has 1 aromatic carbocycles. The minimum Gasteiger partial charge on any atom is -0.322 e. The van der Waals surface area contributed by atoms with Gasteiger partial charge in [-0.25, -0.2) is 22.5 Å². The van der Waals surface area contributed by atoms with Crippen molar-refractivity contribution in [2.24, 2.45) is 5.92 Å². The van der Waals surface area contributed by atoms with Crippen LogP contribution in [0.25, 0.3) is 0 Å². The van der Waals surface area contributed by atoms with Gasteiger partial charge in [-0.1, -0.05) is 0 Å². The van der Waals surface area contributed by atoms with Gasteiger partial charge in [0.2, 0.25) is 0 Å². The largest absolute Gasteiger partial charge is 0.501 e. The summed E-state index contributed by atoms with van der Waals surface area (Å²) >= 11 is 0. The first-order valence-corrected chi connectivity index (χ1v) is 10.1. The normalized spacial score (nSPS) is 23.7. The fraction of sp³-hybridized carbons (Fsp3) is 0.278. The third kappa shape index (κ3) is 3.02. The molecule has 1 aliphatic heterocycles. The van der Waals surface area contributed by atoms with Crippen molar-refractivity contribution in [2.45, 2.75) is 28.8 Å². The summed E-state index contributed by atoms with van der Waals surface area (Å²) in [5.74, 6) is -1.52. The lowest BCUT2D eigenvalue weighted by Gasteiger charge is -2.14. The Labute approximate surface area is 167 Å². The molecule has 0 radical (unpaired) electrons.